The summed E-state index contributed by atoms with van der Waals surface area (Å²) in [5.74, 6) is -1.40. The second-order valence-electron chi connectivity index (χ2n) is 3.62. The molecule has 0 saturated carbocycles. The number of rotatable bonds is 2. The topological polar surface area (TPSA) is 80.4 Å². The van der Waals surface area contributed by atoms with E-state index < -0.39 is 16.8 Å². The van der Waals surface area contributed by atoms with Crippen molar-refractivity contribution in [2.75, 3.05) is 0 Å². The Morgan fingerprint density at radius 3 is 2.69 bits per heavy atom. The van der Waals surface area contributed by atoms with Crippen LogP contribution in [-0.2, 0) is 17.6 Å². The average Bonchev–Trinajstić information content (AvgIpc) is 2.60. The Bertz CT molecular complexity index is 446. The molecule has 86 valence electrons. The van der Waals surface area contributed by atoms with E-state index in [1.54, 1.807) is 12.1 Å². The van der Waals surface area contributed by atoms with Gasteiger partial charge in [0.2, 0.25) is 0 Å². The molecule has 0 radical (unpaired) electrons. The molecule has 1 aliphatic rings. The second kappa shape index (κ2) is 4.49. The number of fused-ring (bicyclic) bond motifs is 1. The smallest absolute Gasteiger partial charge is 0.307 e. The van der Waals surface area contributed by atoms with Crippen molar-refractivity contribution in [2.24, 2.45) is 5.92 Å². The van der Waals surface area contributed by atoms with Gasteiger partial charge in [-0.05, 0) is 18.4 Å². The molecular weight excluding hydrogens is 234 g/mol. The average molecular weight is 244 g/mol. The molecule has 6 heteroatoms. The van der Waals surface area contributed by atoms with Crippen LogP contribution in [0.15, 0.2) is 18.2 Å². The largest absolute Gasteiger partial charge is 0.481 e. The Labute approximate surface area is 97.6 Å². The molecule has 5 nitrogen and oxygen atoms in total. The first-order chi connectivity index (χ1) is 7.09. The van der Waals surface area contributed by atoms with Crippen molar-refractivity contribution in [2.45, 2.75) is 12.8 Å². The molecule has 0 heterocycles. The minimum absolute atomic E-state index is 0. The number of hydrogen-bond acceptors (Lipinski definition) is 3. The summed E-state index contributed by atoms with van der Waals surface area (Å²) in [6.45, 7) is 0. The highest BCUT2D eigenvalue weighted by molar-refractivity contribution is 5.85. The summed E-state index contributed by atoms with van der Waals surface area (Å²) in [6.07, 6.45) is 0.661. The maximum absolute atomic E-state index is 10.8. The van der Waals surface area contributed by atoms with Crippen LogP contribution in [0.4, 0.5) is 5.69 Å². The predicted molar refractivity (Wildman–Crippen MR) is 58.9 cm³/mol. The number of nitro groups is 1. The van der Waals surface area contributed by atoms with E-state index in [0.29, 0.717) is 12.0 Å². The number of aliphatic carboxylic acids is 1. The van der Waals surface area contributed by atoms with Crippen molar-refractivity contribution < 1.29 is 14.8 Å². The van der Waals surface area contributed by atoms with Gasteiger partial charge >= 0.3 is 5.97 Å². The summed E-state index contributed by atoms with van der Waals surface area (Å²) in [4.78, 5) is 21.0. The van der Waals surface area contributed by atoms with Gasteiger partial charge in [0, 0.05) is 11.6 Å². The number of carboxylic acid groups (broad SMARTS) is 1. The molecular formula is C10H10ClNO4. The van der Waals surface area contributed by atoms with Crippen LogP contribution >= 0.6 is 12.4 Å². The van der Waals surface area contributed by atoms with Gasteiger partial charge in [0.1, 0.15) is 0 Å². The minimum atomic E-state index is -0.888. The lowest BCUT2D eigenvalue weighted by Crippen LogP contribution is -2.13. The Kier molecular flexibility index (Phi) is 3.49. The third-order valence-electron chi connectivity index (χ3n) is 2.71. The third kappa shape index (κ3) is 1.99. The van der Waals surface area contributed by atoms with Crippen molar-refractivity contribution in [3.05, 3.63) is 39.4 Å². The van der Waals surface area contributed by atoms with Gasteiger partial charge in [-0.15, -0.1) is 12.4 Å². The first-order valence-electron chi connectivity index (χ1n) is 4.57. The first kappa shape index (κ1) is 12.4. The van der Waals surface area contributed by atoms with Crippen LogP contribution in [0, 0.1) is 16.0 Å². The zero-order chi connectivity index (χ0) is 11.0. The Balaban J connectivity index is 0.00000128. The molecule has 0 amide bonds. The maximum atomic E-state index is 10.8. The van der Waals surface area contributed by atoms with Gasteiger partial charge in [0.05, 0.1) is 10.8 Å². The summed E-state index contributed by atoms with van der Waals surface area (Å²) >= 11 is 0. The molecule has 2 rings (SSSR count). The minimum Gasteiger partial charge on any atom is -0.481 e. The number of carboxylic acids is 1. The standard InChI is InChI=1S/C10H9NO4.ClH/c12-10(13)7-4-6-2-1-3-9(11(14)15)8(6)5-7;/h1-3,7H,4-5H2,(H,12,13);1H. The molecule has 16 heavy (non-hydrogen) atoms. The number of nitrogens with zero attached hydrogens (tertiary/aromatic N) is 1. The number of nitro benzene ring substituents is 1. The summed E-state index contributed by atoms with van der Waals surface area (Å²) in [6, 6.07) is 4.77. The SMILES string of the molecule is Cl.O=C(O)C1Cc2cccc([N+](=O)[O-])c2C1. The van der Waals surface area contributed by atoms with Crippen LogP contribution in [0.5, 0.6) is 0 Å². The van der Waals surface area contributed by atoms with Crippen molar-refractivity contribution in [3.63, 3.8) is 0 Å². The quantitative estimate of drug-likeness (QED) is 0.635. The molecule has 0 fully saturated rings. The number of hydrogen-bond donors (Lipinski definition) is 1. The van der Waals surface area contributed by atoms with Crippen molar-refractivity contribution in [1.82, 2.24) is 0 Å². The molecule has 0 bridgehead atoms. The highest BCUT2D eigenvalue weighted by Crippen LogP contribution is 2.33. The Morgan fingerprint density at radius 1 is 1.44 bits per heavy atom. The first-order valence-corrected chi connectivity index (χ1v) is 4.57. The van der Waals surface area contributed by atoms with Crippen LogP contribution in [0.1, 0.15) is 11.1 Å². The van der Waals surface area contributed by atoms with Crippen molar-refractivity contribution in [3.8, 4) is 0 Å². The fraction of sp³-hybridized carbons (Fsp3) is 0.300. The summed E-state index contributed by atoms with van der Waals surface area (Å²) in [5, 5.41) is 19.5. The van der Waals surface area contributed by atoms with Gasteiger partial charge in [-0.3, -0.25) is 14.9 Å². The van der Waals surface area contributed by atoms with Crippen LogP contribution in [-0.4, -0.2) is 16.0 Å². The second-order valence-corrected chi connectivity index (χ2v) is 3.62. The number of halogens is 1. The molecule has 1 aromatic rings. The zero-order valence-corrected chi connectivity index (χ0v) is 9.07. The van der Waals surface area contributed by atoms with Gasteiger partial charge in [0.15, 0.2) is 0 Å². The van der Waals surface area contributed by atoms with Crippen LogP contribution in [0.2, 0.25) is 0 Å². The van der Waals surface area contributed by atoms with Gasteiger partial charge in [-0.1, -0.05) is 12.1 Å². The third-order valence-corrected chi connectivity index (χ3v) is 2.71. The van der Waals surface area contributed by atoms with E-state index in [-0.39, 0.29) is 24.5 Å². The molecule has 1 atom stereocenters. The van der Waals surface area contributed by atoms with Crippen LogP contribution in [0.25, 0.3) is 0 Å². The molecule has 1 aliphatic carbocycles. The van der Waals surface area contributed by atoms with E-state index in [4.69, 9.17) is 5.11 Å². The van der Waals surface area contributed by atoms with E-state index in [1.165, 1.54) is 6.07 Å². The van der Waals surface area contributed by atoms with Gasteiger partial charge in [0.25, 0.3) is 5.69 Å². The summed E-state index contributed by atoms with van der Waals surface area (Å²) in [5.41, 5.74) is 1.41. The molecule has 0 spiro atoms. The maximum Gasteiger partial charge on any atom is 0.307 e. The monoisotopic (exact) mass is 243 g/mol. The molecule has 0 aromatic heterocycles. The van der Waals surface area contributed by atoms with Crippen LogP contribution < -0.4 is 0 Å². The number of benzene rings is 1. The van der Waals surface area contributed by atoms with Crippen molar-refractivity contribution >= 4 is 24.1 Å². The fourth-order valence-electron chi connectivity index (χ4n) is 1.98. The zero-order valence-electron chi connectivity index (χ0n) is 8.25. The van der Waals surface area contributed by atoms with E-state index in [0.717, 1.165) is 5.56 Å². The van der Waals surface area contributed by atoms with E-state index in [9.17, 15) is 14.9 Å². The normalized spacial score (nSPS) is 17.4. The van der Waals surface area contributed by atoms with Crippen LogP contribution in [0.3, 0.4) is 0 Å². The Morgan fingerprint density at radius 2 is 2.12 bits per heavy atom. The van der Waals surface area contributed by atoms with E-state index in [2.05, 4.69) is 0 Å². The molecule has 1 N–H and O–H groups in total. The van der Waals surface area contributed by atoms with Gasteiger partial charge < -0.3 is 5.11 Å². The van der Waals surface area contributed by atoms with E-state index in [1.807, 2.05) is 0 Å². The molecule has 0 saturated heterocycles. The fourth-order valence-corrected chi connectivity index (χ4v) is 1.98. The number of carbonyl (C=O) groups is 1. The lowest BCUT2D eigenvalue weighted by molar-refractivity contribution is -0.385. The van der Waals surface area contributed by atoms with E-state index >= 15 is 0 Å². The Hall–Kier alpha value is -1.62. The predicted octanol–water partition coefficient (Wildman–Crippen LogP) is 1.82. The molecule has 0 aliphatic heterocycles. The molecule has 1 aromatic carbocycles. The van der Waals surface area contributed by atoms with Crippen molar-refractivity contribution in [1.29, 1.82) is 0 Å². The highest BCUT2D eigenvalue weighted by atomic mass is 35.5. The van der Waals surface area contributed by atoms with Gasteiger partial charge in [-0.2, -0.15) is 0 Å². The van der Waals surface area contributed by atoms with Gasteiger partial charge in [-0.25, -0.2) is 0 Å². The lowest BCUT2D eigenvalue weighted by atomic mass is 10.1. The molecule has 1 unspecified atom stereocenters. The summed E-state index contributed by atoms with van der Waals surface area (Å²) < 4.78 is 0. The summed E-state index contributed by atoms with van der Waals surface area (Å²) in [7, 11) is 0. The lowest BCUT2D eigenvalue weighted by Gasteiger charge is -1.99. The highest BCUT2D eigenvalue weighted by Gasteiger charge is 2.31.